The fourth-order valence-electron chi connectivity index (χ4n) is 5.16. The van der Waals surface area contributed by atoms with E-state index in [-0.39, 0.29) is 0 Å². The van der Waals surface area contributed by atoms with E-state index >= 15 is 0 Å². The Bertz CT molecular complexity index is 1240. The van der Waals surface area contributed by atoms with Crippen molar-refractivity contribution in [2.24, 2.45) is 0 Å². The van der Waals surface area contributed by atoms with Crippen molar-refractivity contribution in [3.05, 3.63) is 59.9 Å². The van der Waals surface area contributed by atoms with Crippen molar-refractivity contribution in [3.63, 3.8) is 0 Å². The van der Waals surface area contributed by atoms with Crippen LogP contribution < -0.4 is 0 Å². The largest absolute Gasteiger partial charge is 0.508 e. The van der Waals surface area contributed by atoms with Crippen molar-refractivity contribution in [3.8, 4) is 11.5 Å². The third-order valence-electron chi connectivity index (χ3n) is 7.00. The third kappa shape index (κ3) is 5.82. The van der Waals surface area contributed by atoms with Gasteiger partial charge >= 0.3 is 0 Å². The van der Waals surface area contributed by atoms with Gasteiger partial charge in [-0.1, -0.05) is 32.9 Å². The van der Waals surface area contributed by atoms with Crippen LogP contribution in [0.5, 0.6) is 11.5 Å². The van der Waals surface area contributed by atoms with E-state index < -0.39 is 0 Å². The van der Waals surface area contributed by atoms with E-state index in [1.165, 1.54) is 23.1 Å². The van der Waals surface area contributed by atoms with E-state index in [9.17, 15) is 10.2 Å². The van der Waals surface area contributed by atoms with Gasteiger partial charge in [0.25, 0.3) is 0 Å². The minimum atomic E-state index is 0.300. The number of rotatable bonds is 13. The van der Waals surface area contributed by atoms with Crippen molar-refractivity contribution in [1.82, 2.24) is 19.4 Å². The van der Waals surface area contributed by atoms with E-state index in [1.807, 2.05) is 24.4 Å². The summed E-state index contributed by atoms with van der Waals surface area (Å²) >= 11 is 0. The lowest BCUT2D eigenvalue weighted by Gasteiger charge is -2.23. The first-order valence-corrected chi connectivity index (χ1v) is 13.1. The number of nitrogens with zero attached hydrogens (tertiary/aromatic N) is 3. The summed E-state index contributed by atoms with van der Waals surface area (Å²) in [4.78, 5) is 8.22. The van der Waals surface area contributed by atoms with Crippen LogP contribution in [0.3, 0.4) is 0 Å². The molecule has 0 aliphatic rings. The highest BCUT2D eigenvalue weighted by atomic mass is 16.3. The van der Waals surface area contributed by atoms with Crippen molar-refractivity contribution >= 4 is 21.8 Å². The molecule has 2 heterocycles. The zero-order chi connectivity index (χ0) is 24.8. The molecule has 0 amide bonds. The predicted octanol–water partition coefficient (Wildman–Crippen LogP) is 5.72. The summed E-state index contributed by atoms with van der Waals surface area (Å²) in [7, 11) is 0. The first-order valence-electron chi connectivity index (χ1n) is 13.1. The predicted molar refractivity (Wildman–Crippen MR) is 145 cm³/mol. The van der Waals surface area contributed by atoms with Crippen molar-refractivity contribution in [2.75, 3.05) is 32.7 Å². The summed E-state index contributed by atoms with van der Waals surface area (Å²) in [6, 6.07) is 11.5. The zero-order valence-electron chi connectivity index (χ0n) is 21.4. The number of phenols is 2. The van der Waals surface area contributed by atoms with Crippen LogP contribution >= 0.6 is 0 Å². The van der Waals surface area contributed by atoms with Gasteiger partial charge in [0.05, 0.1) is 12.2 Å². The highest BCUT2D eigenvalue weighted by Gasteiger charge is 2.14. The monoisotopic (exact) mass is 476 g/mol. The van der Waals surface area contributed by atoms with Gasteiger partial charge in [0.2, 0.25) is 0 Å². The number of aromatic hydroxyl groups is 2. The lowest BCUT2D eigenvalue weighted by atomic mass is 10.1. The lowest BCUT2D eigenvalue weighted by molar-refractivity contribution is 0.224. The van der Waals surface area contributed by atoms with E-state index in [0.29, 0.717) is 11.5 Å². The van der Waals surface area contributed by atoms with Gasteiger partial charge in [0.1, 0.15) is 11.5 Å². The average molecular weight is 477 g/mol. The van der Waals surface area contributed by atoms with Crippen LogP contribution in [0.4, 0.5) is 0 Å². The molecule has 0 atom stereocenters. The number of fused-ring (bicyclic) bond motifs is 2. The second-order valence-electron chi connectivity index (χ2n) is 9.53. The molecule has 0 aliphatic heterocycles. The van der Waals surface area contributed by atoms with Crippen LogP contribution in [-0.2, 0) is 19.5 Å². The van der Waals surface area contributed by atoms with Crippen LogP contribution in [-0.4, -0.2) is 62.3 Å². The van der Waals surface area contributed by atoms with Gasteiger partial charge in [-0.05, 0) is 80.7 Å². The molecule has 0 unspecified atom stereocenters. The van der Waals surface area contributed by atoms with Crippen molar-refractivity contribution in [1.29, 1.82) is 0 Å². The van der Waals surface area contributed by atoms with Gasteiger partial charge in [0.15, 0.2) is 0 Å². The Labute approximate surface area is 208 Å². The van der Waals surface area contributed by atoms with Gasteiger partial charge in [-0.2, -0.15) is 0 Å². The van der Waals surface area contributed by atoms with Gasteiger partial charge < -0.3 is 24.7 Å². The quantitative estimate of drug-likeness (QED) is 0.231. The molecule has 0 saturated carbocycles. The number of aromatic nitrogens is 2. The van der Waals surface area contributed by atoms with Crippen LogP contribution in [0.15, 0.2) is 48.8 Å². The SMILES string of the molecule is CCCN(CC)CCc1cn(CN(CCC)CCc2c[nH]c3c(O)cccc23)c2ccc(O)cc12. The number of aromatic amines is 1. The smallest absolute Gasteiger partial charge is 0.139 e. The molecule has 6 heteroatoms. The molecule has 2 aromatic carbocycles. The van der Waals surface area contributed by atoms with Gasteiger partial charge in [-0.3, -0.25) is 4.90 Å². The Morgan fingerprint density at radius 3 is 2.34 bits per heavy atom. The molecule has 2 aromatic heterocycles. The summed E-state index contributed by atoms with van der Waals surface area (Å²) in [5, 5.41) is 22.6. The summed E-state index contributed by atoms with van der Waals surface area (Å²) in [6.45, 7) is 12.7. The van der Waals surface area contributed by atoms with Gasteiger partial charge in [0, 0.05) is 41.8 Å². The molecule has 35 heavy (non-hydrogen) atoms. The number of nitrogens with one attached hydrogen (secondary N) is 1. The number of benzene rings is 2. The summed E-state index contributed by atoms with van der Waals surface area (Å²) in [5.41, 5.74) is 4.52. The summed E-state index contributed by atoms with van der Waals surface area (Å²) in [5.74, 6) is 0.625. The Hall–Kier alpha value is -2.96. The fourth-order valence-corrected chi connectivity index (χ4v) is 5.16. The standard InChI is InChI=1S/C29H40N4O2/c1-4-14-31(6-3)16-13-23-20-33(27-11-10-24(34)18-26(23)27)21-32(15-5-2)17-12-22-19-30-29-25(22)8-7-9-28(29)35/h7-11,18-20,30,34-35H,4-6,12-17,21H2,1-3H3. The highest BCUT2D eigenvalue weighted by Crippen LogP contribution is 2.28. The maximum absolute atomic E-state index is 10.2. The van der Waals surface area contributed by atoms with Gasteiger partial charge in [-0.15, -0.1) is 0 Å². The van der Waals surface area contributed by atoms with Crippen molar-refractivity contribution in [2.45, 2.75) is 53.1 Å². The first kappa shape index (κ1) is 25.1. The summed E-state index contributed by atoms with van der Waals surface area (Å²) in [6.07, 6.45) is 8.46. The maximum atomic E-state index is 10.2. The minimum Gasteiger partial charge on any atom is -0.508 e. The molecule has 0 spiro atoms. The van der Waals surface area contributed by atoms with Crippen LogP contribution in [0.2, 0.25) is 0 Å². The minimum absolute atomic E-state index is 0.300. The molecule has 0 bridgehead atoms. The Kier molecular flexibility index (Phi) is 8.37. The normalized spacial score (nSPS) is 12.0. The maximum Gasteiger partial charge on any atom is 0.139 e. The molecule has 0 fully saturated rings. The number of hydrogen-bond donors (Lipinski definition) is 3. The molecule has 0 aliphatic carbocycles. The average Bonchev–Trinajstić information content (AvgIpc) is 3.42. The second-order valence-corrected chi connectivity index (χ2v) is 9.53. The molecule has 6 nitrogen and oxygen atoms in total. The number of phenolic OH excluding ortho intramolecular Hbond substituents is 2. The fraction of sp³-hybridized carbons (Fsp3) is 0.448. The number of likely N-dealkylation sites (N-methyl/N-ethyl adjacent to an activating group) is 1. The first-order chi connectivity index (χ1) is 17.0. The molecular formula is C29H40N4O2. The topological polar surface area (TPSA) is 67.7 Å². The molecule has 4 aromatic rings. The van der Waals surface area contributed by atoms with E-state index in [1.54, 1.807) is 12.1 Å². The zero-order valence-corrected chi connectivity index (χ0v) is 21.4. The van der Waals surface area contributed by atoms with Gasteiger partial charge in [-0.25, -0.2) is 0 Å². The Balaban J connectivity index is 1.53. The molecule has 3 N–H and O–H groups in total. The second kappa shape index (κ2) is 11.6. The molecule has 188 valence electrons. The van der Waals surface area contributed by atoms with Crippen LogP contribution in [0.1, 0.15) is 44.7 Å². The number of hydrogen-bond acceptors (Lipinski definition) is 4. The lowest BCUT2D eigenvalue weighted by Crippen LogP contribution is -2.29. The van der Waals surface area contributed by atoms with Crippen LogP contribution in [0, 0.1) is 0 Å². The molecular weight excluding hydrogens is 436 g/mol. The Morgan fingerprint density at radius 1 is 0.829 bits per heavy atom. The van der Waals surface area contributed by atoms with E-state index in [2.05, 4.69) is 52.4 Å². The third-order valence-corrected chi connectivity index (χ3v) is 7.00. The van der Waals surface area contributed by atoms with Crippen LogP contribution in [0.25, 0.3) is 21.8 Å². The molecule has 4 rings (SSSR count). The van der Waals surface area contributed by atoms with E-state index in [0.717, 1.165) is 74.9 Å². The highest BCUT2D eigenvalue weighted by molar-refractivity contribution is 5.88. The Morgan fingerprint density at radius 2 is 1.57 bits per heavy atom. The summed E-state index contributed by atoms with van der Waals surface area (Å²) < 4.78 is 2.34. The molecule has 0 saturated heterocycles. The molecule has 0 radical (unpaired) electrons. The van der Waals surface area contributed by atoms with E-state index in [4.69, 9.17) is 0 Å². The number of para-hydroxylation sites is 1. The van der Waals surface area contributed by atoms with Crippen molar-refractivity contribution < 1.29 is 10.2 Å². The number of H-pyrrole nitrogens is 1.